The number of para-hydroxylation sites is 3. The molecule has 0 radical (unpaired) electrons. The van der Waals surface area contributed by atoms with Crippen molar-refractivity contribution >= 4 is 39.0 Å². The fourth-order valence-electron chi connectivity index (χ4n) is 8.35. The Hall–Kier alpha value is -6.64. The molecule has 0 fully saturated rings. The summed E-state index contributed by atoms with van der Waals surface area (Å²) in [6, 6.07) is 72.0. The van der Waals surface area contributed by atoms with E-state index in [0.29, 0.717) is 0 Å². The van der Waals surface area contributed by atoms with Crippen LogP contribution >= 0.6 is 0 Å². The van der Waals surface area contributed by atoms with Crippen LogP contribution in [0.4, 0.5) is 17.1 Å². The van der Waals surface area contributed by atoms with Gasteiger partial charge in [-0.05, 0) is 81.4 Å². The van der Waals surface area contributed by atoms with Crippen LogP contribution in [-0.2, 0) is 5.41 Å². The van der Waals surface area contributed by atoms with Crippen molar-refractivity contribution in [1.29, 1.82) is 0 Å². The topological polar surface area (TPSA) is 16.4 Å². The van der Waals surface area contributed by atoms with E-state index in [4.69, 9.17) is 4.42 Å². The SMILES string of the molecule is c1ccc(-c2ccc(N(c3ccccc3)c3ccc(C4(c5cccc6c5oc5ccccc56)c5ccccc5-c5ccccc54)cc3)cc2)cc1. The summed E-state index contributed by atoms with van der Waals surface area (Å²) in [4.78, 5) is 2.34. The lowest BCUT2D eigenvalue weighted by Crippen LogP contribution is -2.28. The van der Waals surface area contributed by atoms with Crippen LogP contribution in [0.1, 0.15) is 22.3 Å². The number of hydrogen-bond donors (Lipinski definition) is 0. The van der Waals surface area contributed by atoms with Gasteiger partial charge >= 0.3 is 0 Å². The molecule has 0 aliphatic heterocycles. The van der Waals surface area contributed by atoms with Crippen molar-refractivity contribution in [1.82, 2.24) is 0 Å². The first-order chi connectivity index (χ1) is 25.3. The monoisotopic (exact) mass is 651 g/mol. The van der Waals surface area contributed by atoms with Crippen LogP contribution in [0.5, 0.6) is 0 Å². The van der Waals surface area contributed by atoms with E-state index in [0.717, 1.165) is 44.6 Å². The molecule has 240 valence electrons. The van der Waals surface area contributed by atoms with Crippen LogP contribution in [0.25, 0.3) is 44.2 Å². The van der Waals surface area contributed by atoms with Crippen molar-refractivity contribution in [3.63, 3.8) is 0 Å². The Bertz CT molecular complexity index is 2630. The standard InChI is InChI=1S/C49H33NO/c1-3-14-34(15-4-1)35-26-30-38(31-27-35)50(37-16-5-2-6-17-37)39-32-28-36(29-33-39)49(44-22-10-7-18-40(44)41-19-8-11-23-45(41)49)46-24-13-21-43-42-20-9-12-25-47(42)51-48(43)46/h1-33H. The summed E-state index contributed by atoms with van der Waals surface area (Å²) < 4.78 is 6.78. The third-order valence-electron chi connectivity index (χ3n) is 10.6. The Morgan fingerprint density at radius 3 is 1.53 bits per heavy atom. The van der Waals surface area contributed by atoms with Gasteiger partial charge in [-0.3, -0.25) is 0 Å². The summed E-state index contributed by atoms with van der Waals surface area (Å²) in [5.41, 5.74) is 14.4. The van der Waals surface area contributed by atoms with E-state index in [1.54, 1.807) is 0 Å². The Morgan fingerprint density at radius 1 is 0.353 bits per heavy atom. The van der Waals surface area contributed by atoms with Gasteiger partial charge in [0.05, 0.1) is 5.41 Å². The molecule has 0 saturated heterocycles. The maximum absolute atomic E-state index is 6.78. The van der Waals surface area contributed by atoms with E-state index < -0.39 is 5.41 Å². The zero-order chi connectivity index (χ0) is 33.8. The number of nitrogens with zero attached hydrogens (tertiary/aromatic N) is 1. The van der Waals surface area contributed by atoms with E-state index >= 15 is 0 Å². The molecule has 0 bridgehead atoms. The molecule has 8 aromatic carbocycles. The Labute approximate surface area is 297 Å². The van der Waals surface area contributed by atoms with Gasteiger partial charge in [-0.25, -0.2) is 0 Å². The van der Waals surface area contributed by atoms with Crippen LogP contribution in [-0.4, -0.2) is 0 Å². The second-order valence-corrected chi connectivity index (χ2v) is 13.3. The van der Waals surface area contributed by atoms with Gasteiger partial charge < -0.3 is 9.32 Å². The predicted octanol–water partition coefficient (Wildman–Crippen LogP) is 13.1. The Morgan fingerprint density at radius 2 is 0.843 bits per heavy atom. The summed E-state index contributed by atoms with van der Waals surface area (Å²) in [5, 5.41) is 2.27. The first-order valence-electron chi connectivity index (χ1n) is 17.5. The minimum absolute atomic E-state index is 0.589. The molecule has 1 aliphatic carbocycles. The van der Waals surface area contributed by atoms with E-state index in [-0.39, 0.29) is 0 Å². The van der Waals surface area contributed by atoms with Gasteiger partial charge in [0.25, 0.3) is 0 Å². The first kappa shape index (κ1) is 29.3. The molecular formula is C49H33NO. The van der Waals surface area contributed by atoms with Crippen LogP contribution in [0.15, 0.2) is 205 Å². The molecule has 1 aliphatic rings. The predicted molar refractivity (Wildman–Crippen MR) is 211 cm³/mol. The molecule has 51 heavy (non-hydrogen) atoms. The van der Waals surface area contributed by atoms with Crippen molar-refractivity contribution < 1.29 is 4.42 Å². The van der Waals surface area contributed by atoms with Gasteiger partial charge in [0.15, 0.2) is 0 Å². The van der Waals surface area contributed by atoms with Crippen LogP contribution < -0.4 is 4.90 Å². The fourth-order valence-corrected chi connectivity index (χ4v) is 8.35. The van der Waals surface area contributed by atoms with E-state index in [2.05, 4.69) is 199 Å². The molecule has 1 aromatic heterocycles. The number of fused-ring (bicyclic) bond motifs is 6. The number of benzene rings is 8. The summed E-state index contributed by atoms with van der Waals surface area (Å²) in [6.07, 6.45) is 0. The average molecular weight is 652 g/mol. The van der Waals surface area contributed by atoms with E-state index in [1.165, 1.54) is 38.9 Å². The minimum atomic E-state index is -0.589. The Balaban J connectivity index is 1.18. The van der Waals surface area contributed by atoms with Gasteiger partial charge in [-0.2, -0.15) is 0 Å². The highest BCUT2D eigenvalue weighted by molar-refractivity contribution is 6.07. The van der Waals surface area contributed by atoms with Crippen molar-refractivity contribution in [2.75, 3.05) is 4.90 Å². The number of anilines is 3. The highest BCUT2D eigenvalue weighted by Crippen LogP contribution is 2.58. The molecule has 9 aromatic rings. The number of furan rings is 1. The largest absolute Gasteiger partial charge is 0.456 e. The number of hydrogen-bond acceptors (Lipinski definition) is 2. The molecular weight excluding hydrogens is 619 g/mol. The summed E-state index contributed by atoms with van der Waals surface area (Å²) >= 11 is 0. The van der Waals surface area contributed by atoms with Crippen LogP contribution in [0.2, 0.25) is 0 Å². The summed E-state index contributed by atoms with van der Waals surface area (Å²) in [6.45, 7) is 0. The lowest BCUT2D eigenvalue weighted by atomic mass is 9.67. The second-order valence-electron chi connectivity index (χ2n) is 13.3. The highest BCUT2D eigenvalue weighted by atomic mass is 16.3. The third kappa shape index (κ3) is 4.50. The average Bonchev–Trinajstić information content (AvgIpc) is 3.74. The molecule has 0 amide bonds. The zero-order valence-electron chi connectivity index (χ0n) is 27.9. The maximum Gasteiger partial charge on any atom is 0.140 e. The maximum atomic E-state index is 6.78. The van der Waals surface area contributed by atoms with E-state index in [9.17, 15) is 0 Å². The lowest BCUT2D eigenvalue weighted by molar-refractivity contribution is 0.648. The molecule has 0 saturated carbocycles. The van der Waals surface area contributed by atoms with Gasteiger partial charge in [0.2, 0.25) is 0 Å². The summed E-state index contributed by atoms with van der Waals surface area (Å²) in [5.74, 6) is 0. The van der Waals surface area contributed by atoms with Crippen LogP contribution in [0.3, 0.4) is 0 Å². The first-order valence-corrected chi connectivity index (χ1v) is 17.5. The molecule has 0 atom stereocenters. The molecule has 2 heteroatoms. The number of rotatable bonds is 6. The lowest BCUT2D eigenvalue weighted by Gasteiger charge is -2.34. The minimum Gasteiger partial charge on any atom is -0.456 e. The molecule has 2 nitrogen and oxygen atoms in total. The smallest absolute Gasteiger partial charge is 0.140 e. The van der Waals surface area contributed by atoms with Gasteiger partial charge in [0, 0.05) is 33.4 Å². The molecule has 0 spiro atoms. The van der Waals surface area contributed by atoms with Crippen molar-refractivity contribution in [3.8, 4) is 22.3 Å². The van der Waals surface area contributed by atoms with Crippen LogP contribution in [0, 0.1) is 0 Å². The van der Waals surface area contributed by atoms with Gasteiger partial charge in [0.1, 0.15) is 11.2 Å². The second kappa shape index (κ2) is 11.8. The molecule has 1 heterocycles. The molecule has 10 rings (SSSR count). The van der Waals surface area contributed by atoms with Crippen molar-refractivity contribution in [3.05, 3.63) is 222 Å². The van der Waals surface area contributed by atoms with Crippen molar-refractivity contribution in [2.45, 2.75) is 5.41 Å². The summed E-state index contributed by atoms with van der Waals surface area (Å²) in [7, 11) is 0. The van der Waals surface area contributed by atoms with Crippen molar-refractivity contribution in [2.24, 2.45) is 0 Å². The normalized spacial score (nSPS) is 12.9. The van der Waals surface area contributed by atoms with Gasteiger partial charge in [-0.1, -0.05) is 158 Å². The molecule has 0 unspecified atom stereocenters. The third-order valence-corrected chi connectivity index (χ3v) is 10.6. The zero-order valence-corrected chi connectivity index (χ0v) is 27.9. The van der Waals surface area contributed by atoms with Gasteiger partial charge in [-0.15, -0.1) is 0 Å². The highest BCUT2D eigenvalue weighted by Gasteiger charge is 2.47. The fraction of sp³-hybridized carbons (Fsp3) is 0.0204. The molecule has 0 N–H and O–H groups in total. The Kier molecular flexibility index (Phi) is 6.75. The quantitative estimate of drug-likeness (QED) is 0.178. The van der Waals surface area contributed by atoms with E-state index in [1.807, 2.05) is 6.07 Å².